The number of anilines is 1. The number of hydrogen-bond acceptors (Lipinski definition) is 2. The first-order chi connectivity index (χ1) is 8.38. The summed E-state index contributed by atoms with van der Waals surface area (Å²) in [6, 6.07) is 5.64. The Kier molecular flexibility index (Phi) is 3.52. The first kappa shape index (κ1) is 13.2. The summed E-state index contributed by atoms with van der Waals surface area (Å²) < 4.78 is 38.8. The third kappa shape index (κ3) is 2.77. The van der Waals surface area contributed by atoms with Crippen LogP contribution in [0.15, 0.2) is 24.3 Å². The molecule has 0 saturated carbocycles. The van der Waals surface area contributed by atoms with E-state index in [1.807, 2.05) is 6.92 Å². The number of rotatable bonds is 1. The van der Waals surface area contributed by atoms with Crippen LogP contribution in [0.5, 0.6) is 0 Å². The van der Waals surface area contributed by atoms with Crippen LogP contribution in [0, 0.1) is 5.92 Å². The number of halogens is 3. The van der Waals surface area contributed by atoms with Gasteiger partial charge >= 0.3 is 6.18 Å². The summed E-state index contributed by atoms with van der Waals surface area (Å²) in [6.45, 7) is 3.13. The van der Waals surface area contributed by atoms with E-state index in [4.69, 9.17) is 5.73 Å². The van der Waals surface area contributed by atoms with E-state index >= 15 is 0 Å². The predicted octanol–water partition coefficient (Wildman–Crippen LogP) is 2.88. The van der Waals surface area contributed by atoms with Gasteiger partial charge in [0, 0.05) is 24.8 Å². The van der Waals surface area contributed by atoms with Crippen molar-refractivity contribution in [2.24, 2.45) is 11.7 Å². The van der Waals surface area contributed by atoms with E-state index in [2.05, 4.69) is 0 Å². The van der Waals surface area contributed by atoms with Crippen molar-refractivity contribution < 1.29 is 13.2 Å². The fourth-order valence-corrected chi connectivity index (χ4v) is 2.59. The monoisotopic (exact) mass is 258 g/mol. The standard InChI is InChI=1S/C13H17F3N2/c1-9-6-10(17)8-18(7-9)12-5-3-2-4-11(12)13(14,15)16/h2-5,9-10H,6-8,17H2,1H3. The van der Waals surface area contributed by atoms with Gasteiger partial charge in [-0.15, -0.1) is 0 Å². The van der Waals surface area contributed by atoms with Gasteiger partial charge in [0.2, 0.25) is 0 Å². The highest BCUT2D eigenvalue weighted by molar-refractivity contribution is 5.55. The van der Waals surface area contributed by atoms with E-state index in [1.54, 1.807) is 11.0 Å². The van der Waals surface area contributed by atoms with Crippen molar-refractivity contribution in [3.05, 3.63) is 29.8 Å². The molecule has 2 rings (SSSR count). The van der Waals surface area contributed by atoms with Crippen molar-refractivity contribution in [1.82, 2.24) is 0 Å². The molecule has 0 amide bonds. The molecule has 1 aromatic carbocycles. The van der Waals surface area contributed by atoms with Crippen LogP contribution in [-0.4, -0.2) is 19.1 Å². The van der Waals surface area contributed by atoms with Crippen molar-refractivity contribution in [3.8, 4) is 0 Å². The van der Waals surface area contributed by atoms with Gasteiger partial charge in [-0.25, -0.2) is 0 Å². The predicted molar refractivity (Wildman–Crippen MR) is 65.4 cm³/mol. The lowest BCUT2D eigenvalue weighted by Crippen LogP contribution is -2.47. The molecule has 1 aromatic rings. The summed E-state index contributed by atoms with van der Waals surface area (Å²) in [5.41, 5.74) is 5.55. The molecule has 2 atom stereocenters. The molecule has 0 radical (unpaired) electrons. The first-order valence-corrected chi connectivity index (χ1v) is 6.04. The Labute approximate surface area is 105 Å². The third-order valence-electron chi connectivity index (χ3n) is 3.24. The van der Waals surface area contributed by atoms with Crippen molar-refractivity contribution in [3.63, 3.8) is 0 Å². The van der Waals surface area contributed by atoms with E-state index in [0.717, 1.165) is 12.5 Å². The third-order valence-corrected chi connectivity index (χ3v) is 3.24. The summed E-state index contributed by atoms with van der Waals surface area (Å²) >= 11 is 0. The fourth-order valence-electron chi connectivity index (χ4n) is 2.59. The van der Waals surface area contributed by atoms with E-state index in [-0.39, 0.29) is 11.7 Å². The second-order valence-corrected chi connectivity index (χ2v) is 5.02. The van der Waals surface area contributed by atoms with Gasteiger partial charge in [0.05, 0.1) is 5.56 Å². The van der Waals surface area contributed by atoms with Crippen molar-refractivity contribution in [2.45, 2.75) is 25.6 Å². The zero-order valence-corrected chi connectivity index (χ0v) is 10.2. The summed E-state index contributed by atoms with van der Waals surface area (Å²) in [4.78, 5) is 1.75. The molecule has 1 aliphatic heterocycles. The van der Waals surface area contributed by atoms with E-state index < -0.39 is 11.7 Å². The number of nitrogens with two attached hydrogens (primary N) is 1. The Morgan fingerprint density at radius 1 is 1.22 bits per heavy atom. The van der Waals surface area contributed by atoms with Crippen LogP contribution in [0.1, 0.15) is 18.9 Å². The van der Waals surface area contributed by atoms with Gasteiger partial charge in [0.1, 0.15) is 0 Å². The number of piperidine rings is 1. The van der Waals surface area contributed by atoms with E-state index in [1.165, 1.54) is 12.1 Å². The Morgan fingerprint density at radius 3 is 2.50 bits per heavy atom. The Balaban J connectivity index is 2.33. The Hall–Kier alpha value is -1.23. The number of hydrogen-bond donors (Lipinski definition) is 1. The number of nitrogens with zero attached hydrogens (tertiary/aromatic N) is 1. The van der Waals surface area contributed by atoms with Gasteiger partial charge in [-0.05, 0) is 24.5 Å². The lowest BCUT2D eigenvalue weighted by molar-refractivity contribution is -0.137. The zero-order valence-electron chi connectivity index (χ0n) is 10.2. The average Bonchev–Trinajstić information content (AvgIpc) is 2.26. The van der Waals surface area contributed by atoms with Crippen LogP contribution in [0.2, 0.25) is 0 Å². The molecule has 1 heterocycles. The summed E-state index contributed by atoms with van der Waals surface area (Å²) in [6.07, 6.45) is -3.45. The highest BCUT2D eigenvalue weighted by Gasteiger charge is 2.35. The van der Waals surface area contributed by atoms with Gasteiger partial charge in [0.25, 0.3) is 0 Å². The van der Waals surface area contributed by atoms with Crippen LogP contribution in [-0.2, 0) is 6.18 Å². The molecule has 2 unspecified atom stereocenters. The molecule has 0 spiro atoms. The first-order valence-electron chi connectivity index (χ1n) is 6.04. The summed E-state index contributed by atoms with van der Waals surface area (Å²) in [5, 5.41) is 0. The molecule has 5 heteroatoms. The van der Waals surface area contributed by atoms with Gasteiger partial charge in [-0.3, -0.25) is 0 Å². The van der Waals surface area contributed by atoms with Gasteiger partial charge in [0.15, 0.2) is 0 Å². The maximum absolute atomic E-state index is 12.9. The minimum atomic E-state index is -4.32. The molecule has 1 saturated heterocycles. The molecular formula is C13H17F3N2. The number of alkyl halides is 3. The molecule has 1 aliphatic rings. The lowest BCUT2D eigenvalue weighted by Gasteiger charge is -2.37. The molecule has 0 aliphatic carbocycles. The molecular weight excluding hydrogens is 241 g/mol. The molecule has 18 heavy (non-hydrogen) atoms. The molecule has 100 valence electrons. The minimum Gasteiger partial charge on any atom is -0.369 e. The van der Waals surface area contributed by atoms with Gasteiger partial charge in [-0.1, -0.05) is 19.1 Å². The lowest BCUT2D eigenvalue weighted by atomic mass is 9.95. The van der Waals surface area contributed by atoms with Crippen LogP contribution < -0.4 is 10.6 Å². The highest BCUT2D eigenvalue weighted by Crippen LogP contribution is 2.37. The summed E-state index contributed by atoms with van der Waals surface area (Å²) in [7, 11) is 0. The minimum absolute atomic E-state index is 0.0601. The van der Waals surface area contributed by atoms with Crippen LogP contribution in [0.3, 0.4) is 0 Å². The largest absolute Gasteiger partial charge is 0.418 e. The van der Waals surface area contributed by atoms with E-state index in [9.17, 15) is 13.2 Å². The zero-order chi connectivity index (χ0) is 13.3. The van der Waals surface area contributed by atoms with Crippen molar-refractivity contribution in [1.29, 1.82) is 0 Å². The fraction of sp³-hybridized carbons (Fsp3) is 0.538. The van der Waals surface area contributed by atoms with E-state index in [0.29, 0.717) is 19.0 Å². The Morgan fingerprint density at radius 2 is 1.89 bits per heavy atom. The van der Waals surface area contributed by atoms with Crippen molar-refractivity contribution >= 4 is 5.69 Å². The van der Waals surface area contributed by atoms with Crippen LogP contribution >= 0.6 is 0 Å². The normalized spacial score (nSPS) is 25.3. The summed E-state index contributed by atoms with van der Waals surface area (Å²) in [5.74, 6) is 0.315. The molecule has 0 bridgehead atoms. The average molecular weight is 258 g/mol. The molecule has 0 aromatic heterocycles. The Bertz CT molecular complexity index is 407. The number of para-hydroxylation sites is 1. The maximum Gasteiger partial charge on any atom is 0.418 e. The SMILES string of the molecule is CC1CC(N)CN(c2ccccc2C(F)(F)F)C1. The number of benzene rings is 1. The molecule has 2 nitrogen and oxygen atoms in total. The second kappa shape index (κ2) is 4.80. The molecule has 2 N–H and O–H groups in total. The smallest absolute Gasteiger partial charge is 0.369 e. The van der Waals surface area contributed by atoms with Crippen LogP contribution in [0.25, 0.3) is 0 Å². The van der Waals surface area contributed by atoms with Crippen molar-refractivity contribution in [2.75, 3.05) is 18.0 Å². The highest BCUT2D eigenvalue weighted by atomic mass is 19.4. The maximum atomic E-state index is 12.9. The second-order valence-electron chi connectivity index (χ2n) is 5.02. The quantitative estimate of drug-likeness (QED) is 0.839. The topological polar surface area (TPSA) is 29.3 Å². The van der Waals surface area contributed by atoms with Gasteiger partial charge < -0.3 is 10.6 Å². The van der Waals surface area contributed by atoms with Crippen LogP contribution in [0.4, 0.5) is 18.9 Å². The van der Waals surface area contributed by atoms with Gasteiger partial charge in [-0.2, -0.15) is 13.2 Å². The molecule has 1 fully saturated rings.